The van der Waals surface area contributed by atoms with Crippen LogP contribution in [0.5, 0.6) is 0 Å². The van der Waals surface area contributed by atoms with Crippen LogP contribution in [-0.4, -0.2) is 28.0 Å². The summed E-state index contributed by atoms with van der Waals surface area (Å²) in [5.41, 5.74) is 4.03. The van der Waals surface area contributed by atoms with Crippen molar-refractivity contribution in [2.24, 2.45) is 5.92 Å². The van der Waals surface area contributed by atoms with Gasteiger partial charge < -0.3 is 9.63 Å². The van der Waals surface area contributed by atoms with Gasteiger partial charge in [-0.05, 0) is 37.8 Å². The number of aromatic nitrogens is 1. The second-order valence-corrected chi connectivity index (χ2v) is 8.91. The SMILES string of the molecule is Cc1ccc(/C(O)=C2/C(=O)C(=O)N(c3ccc(-c4ccon4)cc3)C2C2CCCCC2)cc1. The van der Waals surface area contributed by atoms with E-state index in [1.54, 1.807) is 23.1 Å². The van der Waals surface area contributed by atoms with E-state index in [-0.39, 0.29) is 17.3 Å². The van der Waals surface area contributed by atoms with Crippen molar-refractivity contribution in [3.05, 3.63) is 77.6 Å². The van der Waals surface area contributed by atoms with Gasteiger partial charge in [0.05, 0.1) is 11.6 Å². The predicted octanol–water partition coefficient (Wildman–Crippen LogP) is 5.48. The van der Waals surface area contributed by atoms with Gasteiger partial charge in [-0.3, -0.25) is 14.5 Å². The summed E-state index contributed by atoms with van der Waals surface area (Å²) in [6.07, 6.45) is 6.62. The Bertz CT molecular complexity index is 1190. The topological polar surface area (TPSA) is 83.6 Å². The van der Waals surface area contributed by atoms with Crippen LogP contribution < -0.4 is 4.90 Å². The summed E-state index contributed by atoms with van der Waals surface area (Å²) >= 11 is 0. The van der Waals surface area contributed by atoms with Gasteiger partial charge in [-0.1, -0.05) is 66.4 Å². The highest BCUT2D eigenvalue weighted by Gasteiger charge is 2.49. The lowest BCUT2D eigenvalue weighted by Crippen LogP contribution is -2.40. The van der Waals surface area contributed by atoms with Gasteiger partial charge in [-0.2, -0.15) is 0 Å². The average molecular weight is 443 g/mol. The van der Waals surface area contributed by atoms with Crippen molar-refractivity contribution in [3.8, 4) is 11.3 Å². The number of nitrogens with zero attached hydrogens (tertiary/aromatic N) is 2. The number of amides is 1. The lowest BCUT2D eigenvalue weighted by molar-refractivity contribution is -0.132. The maximum atomic E-state index is 13.3. The second-order valence-electron chi connectivity index (χ2n) is 8.91. The molecule has 6 nitrogen and oxygen atoms in total. The van der Waals surface area contributed by atoms with E-state index in [9.17, 15) is 14.7 Å². The monoisotopic (exact) mass is 442 g/mol. The van der Waals surface area contributed by atoms with E-state index in [0.717, 1.165) is 43.2 Å². The molecule has 6 heteroatoms. The highest BCUT2D eigenvalue weighted by Crippen LogP contribution is 2.41. The van der Waals surface area contributed by atoms with Crippen LogP contribution in [0.25, 0.3) is 17.0 Å². The zero-order valence-electron chi connectivity index (χ0n) is 18.5. The molecule has 1 aromatic heterocycles. The van der Waals surface area contributed by atoms with Gasteiger partial charge in [0.15, 0.2) is 0 Å². The third kappa shape index (κ3) is 3.86. The van der Waals surface area contributed by atoms with Crippen LogP contribution in [0.2, 0.25) is 0 Å². The molecule has 1 saturated heterocycles. The Hall–Kier alpha value is -3.67. The van der Waals surface area contributed by atoms with Crippen molar-refractivity contribution in [1.29, 1.82) is 0 Å². The van der Waals surface area contributed by atoms with Gasteiger partial charge >= 0.3 is 0 Å². The summed E-state index contributed by atoms with van der Waals surface area (Å²) in [5, 5.41) is 15.1. The minimum Gasteiger partial charge on any atom is -0.507 e. The molecule has 168 valence electrons. The minimum atomic E-state index is -0.621. The molecule has 1 amide bonds. The summed E-state index contributed by atoms with van der Waals surface area (Å²) in [5.74, 6) is -1.18. The number of aliphatic hydroxyl groups excluding tert-OH is 1. The first kappa shape index (κ1) is 21.2. The molecule has 1 saturated carbocycles. The highest BCUT2D eigenvalue weighted by atomic mass is 16.5. The van der Waals surface area contributed by atoms with E-state index in [4.69, 9.17) is 4.52 Å². The van der Waals surface area contributed by atoms with Crippen LogP contribution in [-0.2, 0) is 9.59 Å². The molecule has 0 spiro atoms. The molecular formula is C27H26N2O4. The van der Waals surface area contributed by atoms with Gasteiger partial charge in [-0.25, -0.2) is 0 Å². The zero-order valence-corrected chi connectivity index (χ0v) is 18.5. The molecular weight excluding hydrogens is 416 g/mol. The van der Waals surface area contributed by atoms with Crippen LogP contribution in [0.1, 0.15) is 43.2 Å². The van der Waals surface area contributed by atoms with E-state index in [2.05, 4.69) is 5.16 Å². The molecule has 5 rings (SSSR count). The third-order valence-corrected chi connectivity index (χ3v) is 6.79. The molecule has 2 aromatic carbocycles. The average Bonchev–Trinajstić information content (AvgIpc) is 3.47. The number of benzene rings is 2. The van der Waals surface area contributed by atoms with Gasteiger partial charge in [0.2, 0.25) is 0 Å². The maximum absolute atomic E-state index is 13.3. The normalized spacial score (nSPS) is 21.0. The quantitative estimate of drug-likeness (QED) is 0.328. The fraction of sp³-hybridized carbons (Fsp3) is 0.296. The van der Waals surface area contributed by atoms with E-state index < -0.39 is 17.7 Å². The standard InChI is InChI=1S/C27H26N2O4/c1-17-7-9-20(10-8-17)25(30)23-24(19-5-3-2-4-6-19)29(27(32)26(23)31)21-13-11-18(12-14-21)22-15-16-33-28-22/h7-16,19,24,30H,2-6H2,1H3/b25-23-. The molecule has 2 fully saturated rings. The number of aryl methyl sites for hydroxylation is 1. The summed E-state index contributed by atoms with van der Waals surface area (Å²) in [6, 6.07) is 16.1. The molecule has 3 aromatic rings. The molecule has 1 aliphatic carbocycles. The number of hydrogen-bond donors (Lipinski definition) is 1. The molecule has 1 atom stereocenters. The Morgan fingerprint density at radius 3 is 2.30 bits per heavy atom. The number of hydrogen-bond acceptors (Lipinski definition) is 5. The fourth-order valence-corrected chi connectivity index (χ4v) is 5.06. The summed E-state index contributed by atoms with van der Waals surface area (Å²) in [7, 11) is 0. The zero-order chi connectivity index (χ0) is 22.9. The van der Waals surface area contributed by atoms with Crippen molar-refractivity contribution in [2.75, 3.05) is 4.90 Å². The molecule has 1 unspecified atom stereocenters. The number of carbonyl (C=O) groups excluding carboxylic acids is 2. The van der Waals surface area contributed by atoms with Gasteiger partial charge in [0.25, 0.3) is 11.7 Å². The second kappa shape index (κ2) is 8.70. The number of rotatable bonds is 4. The van der Waals surface area contributed by atoms with Crippen LogP contribution in [0, 0.1) is 12.8 Å². The summed E-state index contributed by atoms with van der Waals surface area (Å²) in [6.45, 7) is 1.97. The number of aliphatic hydroxyl groups is 1. The van der Waals surface area contributed by atoms with E-state index in [1.807, 2.05) is 43.3 Å². The Morgan fingerprint density at radius 2 is 1.67 bits per heavy atom. The van der Waals surface area contributed by atoms with Crippen molar-refractivity contribution >= 4 is 23.1 Å². The van der Waals surface area contributed by atoms with Gasteiger partial charge in [0, 0.05) is 22.9 Å². The van der Waals surface area contributed by atoms with E-state index >= 15 is 0 Å². The van der Waals surface area contributed by atoms with Crippen molar-refractivity contribution in [3.63, 3.8) is 0 Å². The number of Topliss-reactive ketones (excluding diaryl/α,β-unsaturated/α-hetero) is 1. The lowest BCUT2D eigenvalue weighted by atomic mass is 9.80. The van der Waals surface area contributed by atoms with Crippen molar-refractivity contribution in [1.82, 2.24) is 5.16 Å². The van der Waals surface area contributed by atoms with Crippen LogP contribution >= 0.6 is 0 Å². The first-order valence-electron chi connectivity index (χ1n) is 11.4. The molecule has 1 aliphatic heterocycles. The molecule has 1 N–H and O–H groups in total. The number of anilines is 1. The first-order valence-corrected chi connectivity index (χ1v) is 11.4. The van der Waals surface area contributed by atoms with E-state index in [1.165, 1.54) is 6.26 Å². The number of carbonyl (C=O) groups is 2. The first-order chi connectivity index (χ1) is 16.0. The van der Waals surface area contributed by atoms with Crippen LogP contribution in [0.4, 0.5) is 5.69 Å². The van der Waals surface area contributed by atoms with E-state index in [0.29, 0.717) is 16.9 Å². The Labute approximate surface area is 192 Å². The Morgan fingerprint density at radius 1 is 0.970 bits per heavy atom. The molecule has 2 heterocycles. The smallest absolute Gasteiger partial charge is 0.299 e. The maximum Gasteiger partial charge on any atom is 0.299 e. The van der Waals surface area contributed by atoms with Gasteiger partial charge in [-0.15, -0.1) is 0 Å². The Kier molecular flexibility index (Phi) is 5.58. The summed E-state index contributed by atoms with van der Waals surface area (Å²) in [4.78, 5) is 28.1. The minimum absolute atomic E-state index is 0.0920. The van der Waals surface area contributed by atoms with Crippen LogP contribution in [0.15, 0.2) is 71.0 Å². The molecule has 2 aliphatic rings. The Balaban J connectivity index is 1.59. The molecule has 0 radical (unpaired) electrons. The predicted molar refractivity (Wildman–Crippen MR) is 126 cm³/mol. The summed E-state index contributed by atoms with van der Waals surface area (Å²) < 4.78 is 4.92. The highest BCUT2D eigenvalue weighted by molar-refractivity contribution is 6.51. The van der Waals surface area contributed by atoms with Crippen molar-refractivity contribution in [2.45, 2.75) is 45.1 Å². The van der Waals surface area contributed by atoms with Crippen LogP contribution in [0.3, 0.4) is 0 Å². The largest absolute Gasteiger partial charge is 0.507 e. The van der Waals surface area contributed by atoms with Crippen molar-refractivity contribution < 1.29 is 19.2 Å². The molecule has 0 bridgehead atoms. The van der Waals surface area contributed by atoms with Gasteiger partial charge in [0.1, 0.15) is 17.7 Å². The molecule has 33 heavy (non-hydrogen) atoms. The number of ketones is 1. The lowest BCUT2D eigenvalue weighted by Gasteiger charge is -2.34. The fourth-order valence-electron chi connectivity index (χ4n) is 5.06. The third-order valence-electron chi connectivity index (χ3n) is 6.79.